The van der Waals surface area contributed by atoms with Gasteiger partial charge in [0.25, 0.3) is 0 Å². The van der Waals surface area contributed by atoms with Crippen molar-refractivity contribution in [3.63, 3.8) is 0 Å². The van der Waals surface area contributed by atoms with Gasteiger partial charge >= 0.3 is 0 Å². The number of nitrogens with two attached hydrogens (primary N) is 1. The van der Waals surface area contributed by atoms with Crippen molar-refractivity contribution >= 4 is 16.7 Å². The molecule has 0 fully saturated rings. The lowest BCUT2D eigenvalue weighted by atomic mass is 10.1. The van der Waals surface area contributed by atoms with Gasteiger partial charge in [-0.15, -0.1) is 0 Å². The van der Waals surface area contributed by atoms with Crippen molar-refractivity contribution in [2.75, 3.05) is 12.8 Å². The van der Waals surface area contributed by atoms with Crippen LogP contribution < -0.4 is 10.5 Å². The molecule has 3 aromatic heterocycles. The third-order valence-electron chi connectivity index (χ3n) is 2.92. The summed E-state index contributed by atoms with van der Waals surface area (Å²) in [6, 6.07) is 6.16. The number of pyridine rings is 3. The minimum Gasteiger partial charge on any atom is -0.496 e. The van der Waals surface area contributed by atoms with Gasteiger partial charge < -0.3 is 10.5 Å². The zero-order chi connectivity index (χ0) is 14.1. The smallest absolute Gasteiger partial charge is 0.213 e. The Balaban J connectivity index is 2.25. The van der Waals surface area contributed by atoms with Crippen molar-refractivity contribution in [1.29, 1.82) is 0 Å². The molecule has 3 rings (SSSR count). The quantitative estimate of drug-likeness (QED) is 0.724. The maximum atomic E-state index is 13.1. The van der Waals surface area contributed by atoms with Gasteiger partial charge in [0.1, 0.15) is 11.3 Å². The fourth-order valence-corrected chi connectivity index (χ4v) is 2.00. The number of nitrogens with zero attached hydrogens (tertiary/aromatic N) is 3. The van der Waals surface area contributed by atoms with Crippen molar-refractivity contribution < 1.29 is 9.13 Å². The second-order valence-corrected chi connectivity index (χ2v) is 4.17. The summed E-state index contributed by atoms with van der Waals surface area (Å²) in [6.45, 7) is 0. The average molecular weight is 270 g/mol. The molecule has 20 heavy (non-hydrogen) atoms. The van der Waals surface area contributed by atoms with Crippen LogP contribution in [0.3, 0.4) is 0 Å². The van der Waals surface area contributed by atoms with E-state index < -0.39 is 5.95 Å². The van der Waals surface area contributed by atoms with Gasteiger partial charge in [-0.25, -0.2) is 9.97 Å². The molecular weight excluding hydrogens is 259 g/mol. The molecule has 3 heterocycles. The average Bonchev–Trinajstić information content (AvgIpc) is 2.47. The molecular formula is C14H11FN4O. The van der Waals surface area contributed by atoms with Crippen LogP contribution in [0.4, 0.5) is 10.1 Å². The second-order valence-electron chi connectivity index (χ2n) is 4.17. The Morgan fingerprint density at radius 1 is 1.20 bits per heavy atom. The third-order valence-corrected chi connectivity index (χ3v) is 2.92. The van der Waals surface area contributed by atoms with Gasteiger partial charge in [0.2, 0.25) is 5.95 Å². The van der Waals surface area contributed by atoms with Crippen LogP contribution >= 0.6 is 0 Å². The maximum absolute atomic E-state index is 13.1. The lowest BCUT2D eigenvalue weighted by molar-refractivity contribution is 0.416. The van der Waals surface area contributed by atoms with Gasteiger partial charge in [-0.3, -0.25) is 4.98 Å². The number of halogens is 1. The Bertz CT molecular complexity index is 791. The highest BCUT2D eigenvalue weighted by Gasteiger charge is 2.11. The first-order valence-corrected chi connectivity index (χ1v) is 5.90. The van der Waals surface area contributed by atoms with E-state index in [0.717, 1.165) is 0 Å². The Labute approximate surface area is 114 Å². The van der Waals surface area contributed by atoms with Gasteiger partial charge in [0.05, 0.1) is 29.6 Å². The van der Waals surface area contributed by atoms with Crippen LogP contribution in [-0.2, 0) is 0 Å². The number of ether oxygens (including phenoxy) is 1. The van der Waals surface area contributed by atoms with Crippen LogP contribution in [0.2, 0.25) is 0 Å². The van der Waals surface area contributed by atoms with Crippen molar-refractivity contribution in [3.8, 4) is 17.0 Å². The maximum Gasteiger partial charge on any atom is 0.213 e. The van der Waals surface area contributed by atoms with E-state index in [1.807, 2.05) is 0 Å². The molecule has 0 aliphatic rings. The number of hydrogen-bond donors (Lipinski definition) is 1. The van der Waals surface area contributed by atoms with E-state index in [1.54, 1.807) is 37.7 Å². The predicted molar refractivity (Wildman–Crippen MR) is 73.7 cm³/mol. The molecule has 0 amide bonds. The summed E-state index contributed by atoms with van der Waals surface area (Å²) in [6.07, 6.45) is 3.27. The molecule has 6 heteroatoms. The van der Waals surface area contributed by atoms with E-state index in [1.165, 1.54) is 6.07 Å². The molecule has 0 saturated heterocycles. The highest BCUT2D eigenvalue weighted by molar-refractivity contribution is 5.89. The van der Waals surface area contributed by atoms with E-state index in [2.05, 4.69) is 15.0 Å². The summed E-state index contributed by atoms with van der Waals surface area (Å²) in [5, 5.41) is 0. The van der Waals surface area contributed by atoms with Gasteiger partial charge in [0.15, 0.2) is 0 Å². The van der Waals surface area contributed by atoms with Crippen LogP contribution in [0.1, 0.15) is 0 Å². The van der Waals surface area contributed by atoms with E-state index in [4.69, 9.17) is 10.5 Å². The van der Waals surface area contributed by atoms with Gasteiger partial charge in [-0.1, -0.05) is 0 Å². The summed E-state index contributed by atoms with van der Waals surface area (Å²) in [5.74, 6) is 0.0547. The summed E-state index contributed by atoms with van der Waals surface area (Å²) in [5.41, 5.74) is 8.47. The first-order valence-electron chi connectivity index (χ1n) is 5.90. The van der Waals surface area contributed by atoms with Crippen molar-refractivity contribution in [2.45, 2.75) is 0 Å². The third kappa shape index (κ3) is 2.01. The van der Waals surface area contributed by atoms with Crippen molar-refractivity contribution in [1.82, 2.24) is 15.0 Å². The van der Waals surface area contributed by atoms with Gasteiger partial charge in [0, 0.05) is 12.4 Å². The lowest BCUT2D eigenvalue weighted by Crippen LogP contribution is -1.97. The number of rotatable bonds is 2. The molecule has 5 nitrogen and oxygen atoms in total. The zero-order valence-electron chi connectivity index (χ0n) is 10.7. The van der Waals surface area contributed by atoms with Crippen LogP contribution in [0.5, 0.6) is 5.75 Å². The normalized spacial score (nSPS) is 10.7. The highest BCUT2D eigenvalue weighted by Crippen LogP contribution is 2.30. The molecule has 0 aliphatic heterocycles. The summed E-state index contributed by atoms with van der Waals surface area (Å²) in [7, 11) is 1.57. The van der Waals surface area contributed by atoms with E-state index in [-0.39, 0.29) is 0 Å². The molecule has 0 saturated carbocycles. The van der Waals surface area contributed by atoms with Crippen molar-refractivity contribution in [2.24, 2.45) is 0 Å². The fraction of sp³-hybridized carbons (Fsp3) is 0.0714. The Morgan fingerprint density at radius 2 is 2.05 bits per heavy atom. The molecule has 2 N–H and O–H groups in total. The lowest BCUT2D eigenvalue weighted by Gasteiger charge is -2.09. The Kier molecular flexibility index (Phi) is 2.90. The Morgan fingerprint density at radius 3 is 2.85 bits per heavy atom. The van der Waals surface area contributed by atoms with Gasteiger partial charge in [-0.05, 0) is 24.3 Å². The number of anilines is 1. The first-order chi connectivity index (χ1) is 9.69. The summed E-state index contributed by atoms with van der Waals surface area (Å²) >= 11 is 0. The minimum absolute atomic E-state index is 0.344. The molecule has 3 aromatic rings. The van der Waals surface area contributed by atoms with E-state index in [9.17, 15) is 4.39 Å². The molecule has 0 unspecified atom stereocenters. The molecule has 0 spiro atoms. The summed E-state index contributed by atoms with van der Waals surface area (Å²) in [4.78, 5) is 12.2. The van der Waals surface area contributed by atoms with Crippen LogP contribution in [0.25, 0.3) is 22.3 Å². The second kappa shape index (κ2) is 4.73. The zero-order valence-corrected chi connectivity index (χ0v) is 10.7. The fourth-order valence-electron chi connectivity index (χ4n) is 2.00. The first kappa shape index (κ1) is 12.3. The topological polar surface area (TPSA) is 73.9 Å². The largest absolute Gasteiger partial charge is 0.496 e. The number of nitrogen functional groups attached to an aromatic ring is 1. The van der Waals surface area contributed by atoms with E-state index in [0.29, 0.717) is 33.7 Å². The molecule has 100 valence electrons. The molecule has 0 bridgehead atoms. The standard InChI is InChI=1S/C14H11FN4O/c1-20-12-4-5-17-7-8(12)11-6-9(16)14-10(18-11)2-3-13(15)19-14/h2-7H,1H3,(H2,16,18). The molecule has 0 aliphatic carbocycles. The molecule has 0 radical (unpaired) electrons. The van der Waals surface area contributed by atoms with Crippen LogP contribution in [0.15, 0.2) is 36.7 Å². The number of fused-ring (bicyclic) bond motifs is 1. The predicted octanol–water partition coefficient (Wildman–Crippen LogP) is 2.42. The molecule has 0 aromatic carbocycles. The minimum atomic E-state index is -0.585. The van der Waals surface area contributed by atoms with Crippen molar-refractivity contribution in [3.05, 3.63) is 42.6 Å². The van der Waals surface area contributed by atoms with Crippen LogP contribution in [-0.4, -0.2) is 22.1 Å². The summed E-state index contributed by atoms with van der Waals surface area (Å²) < 4.78 is 18.4. The van der Waals surface area contributed by atoms with E-state index >= 15 is 0 Å². The number of methoxy groups -OCH3 is 1. The van der Waals surface area contributed by atoms with Crippen LogP contribution in [0, 0.1) is 5.95 Å². The highest BCUT2D eigenvalue weighted by atomic mass is 19.1. The molecule has 0 atom stereocenters. The SMILES string of the molecule is COc1ccncc1-c1cc(N)c2nc(F)ccc2n1. The monoisotopic (exact) mass is 270 g/mol. The van der Waals surface area contributed by atoms with Gasteiger partial charge in [-0.2, -0.15) is 4.39 Å². The Hall–Kier alpha value is -2.76. The number of aromatic nitrogens is 3. The number of hydrogen-bond acceptors (Lipinski definition) is 5.